The Balaban J connectivity index is 1.73. The molecular weight excluding hydrogens is 398 g/mol. The van der Waals surface area contributed by atoms with Crippen molar-refractivity contribution in [2.24, 2.45) is 0 Å². The molecule has 8 aromatic rings. The minimum atomic E-state index is -0.0875. The minimum Gasteiger partial charge on any atom is -0.283 e. The van der Waals surface area contributed by atoms with E-state index in [0.29, 0.717) is 16.5 Å². The first kappa shape index (κ1) is 16.2. The first-order valence-electron chi connectivity index (χ1n) is 10.4. The van der Waals surface area contributed by atoms with E-state index >= 15 is 0 Å². The van der Waals surface area contributed by atoms with Gasteiger partial charge < -0.3 is 0 Å². The maximum atomic E-state index is 13.6. The molecule has 6 nitrogen and oxygen atoms in total. The van der Waals surface area contributed by atoms with E-state index < -0.39 is 0 Å². The Labute approximate surface area is 178 Å². The Bertz CT molecular complexity index is 2030. The van der Waals surface area contributed by atoms with E-state index in [-0.39, 0.29) is 5.56 Å². The highest BCUT2D eigenvalue weighted by Gasteiger charge is 2.21. The number of nitrogens with one attached hydrogen (secondary N) is 1. The van der Waals surface area contributed by atoms with Crippen molar-refractivity contribution in [2.75, 3.05) is 0 Å². The zero-order valence-electron chi connectivity index (χ0n) is 16.6. The second-order valence-corrected chi connectivity index (χ2v) is 8.24. The summed E-state index contributed by atoms with van der Waals surface area (Å²) in [7, 11) is 0. The molecule has 0 saturated carbocycles. The van der Waals surface area contributed by atoms with Gasteiger partial charge in [-0.25, -0.2) is 9.97 Å². The Hall–Kier alpha value is -4.58. The lowest BCUT2D eigenvalue weighted by Crippen LogP contribution is -2.16. The monoisotopic (exact) mass is 411 g/mol. The summed E-state index contributed by atoms with van der Waals surface area (Å²) < 4.78 is 3.60. The molecule has 0 unspecified atom stereocenters. The second-order valence-electron chi connectivity index (χ2n) is 8.24. The Morgan fingerprint density at radius 1 is 0.594 bits per heavy atom. The summed E-state index contributed by atoms with van der Waals surface area (Å²) in [6, 6.07) is 23.4. The van der Waals surface area contributed by atoms with Crippen LogP contribution >= 0.6 is 0 Å². The first-order valence-corrected chi connectivity index (χ1v) is 10.4. The van der Waals surface area contributed by atoms with Crippen LogP contribution in [-0.2, 0) is 0 Å². The van der Waals surface area contributed by atoms with E-state index in [0.717, 1.165) is 54.6 Å². The van der Waals surface area contributed by atoms with Crippen LogP contribution in [0.25, 0.3) is 65.7 Å². The Kier molecular flexibility index (Phi) is 2.61. The zero-order valence-corrected chi connectivity index (χ0v) is 16.6. The van der Waals surface area contributed by atoms with Gasteiger partial charge in [0.25, 0.3) is 5.56 Å². The largest absolute Gasteiger partial charge is 0.283 e. The number of imidazole rings is 2. The van der Waals surface area contributed by atoms with Crippen molar-refractivity contribution in [3.63, 3.8) is 0 Å². The van der Waals surface area contributed by atoms with Crippen molar-refractivity contribution >= 4 is 65.7 Å². The summed E-state index contributed by atoms with van der Waals surface area (Å²) in [5.41, 5.74) is 5.03. The minimum absolute atomic E-state index is 0.0875. The molecule has 0 atom stereocenters. The Morgan fingerprint density at radius 2 is 1.09 bits per heavy atom. The average molecular weight is 411 g/mol. The predicted molar refractivity (Wildman–Crippen MR) is 126 cm³/mol. The van der Waals surface area contributed by atoms with Gasteiger partial charge in [-0.2, -0.15) is 0 Å². The molecular formula is C26H13N5O. The number of aromatic nitrogens is 4. The summed E-state index contributed by atoms with van der Waals surface area (Å²) in [5.74, 6) is 0. The number of hydrogen-bond donors (Lipinski definition) is 1. The van der Waals surface area contributed by atoms with Crippen LogP contribution in [0.2, 0.25) is 0 Å². The number of hydrogen-bond acceptors (Lipinski definition) is 4. The topological polar surface area (TPSA) is 75.5 Å². The molecule has 0 amide bonds. The lowest BCUT2D eigenvalue weighted by atomic mass is 9.96. The quantitative estimate of drug-likeness (QED) is 0.374. The van der Waals surface area contributed by atoms with Crippen LogP contribution in [0.5, 0.6) is 0 Å². The van der Waals surface area contributed by atoms with Gasteiger partial charge in [0.05, 0.1) is 22.1 Å². The molecule has 4 aromatic carbocycles. The fourth-order valence-electron chi connectivity index (χ4n) is 5.33. The lowest BCUT2D eigenvalue weighted by Gasteiger charge is -2.12. The highest BCUT2D eigenvalue weighted by Crippen LogP contribution is 2.36. The maximum absolute atomic E-state index is 13.6. The van der Waals surface area contributed by atoms with Crippen molar-refractivity contribution in [2.45, 2.75) is 0 Å². The molecule has 0 aliphatic carbocycles. The number of benzene rings is 4. The summed E-state index contributed by atoms with van der Waals surface area (Å²) >= 11 is 0. The second kappa shape index (κ2) is 5.18. The van der Waals surface area contributed by atoms with E-state index in [2.05, 4.69) is 0 Å². The van der Waals surface area contributed by atoms with Gasteiger partial charge in [0.2, 0.25) is 0 Å². The van der Waals surface area contributed by atoms with E-state index in [1.807, 2.05) is 77.2 Å². The van der Waals surface area contributed by atoms with Crippen LogP contribution in [0.15, 0.2) is 77.6 Å². The molecule has 32 heavy (non-hydrogen) atoms. The summed E-state index contributed by atoms with van der Waals surface area (Å²) in [5, 5.41) is 14.0. The molecule has 1 N–H and O–H groups in total. The SMILES string of the molecule is N=c1c2ccc3c4c(ccc(c24)c2nc4ccccc4n12)c(=O)n1c2ccccc2nc31. The van der Waals surface area contributed by atoms with Crippen LogP contribution in [0, 0.1) is 5.41 Å². The van der Waals surface area contributed by atoms with Gasteiger partial charge in [-0.05, 0) is 48.5 Å². The third kappa shape index (κ3) is 1.66. The molecule has 0 fully saturated rings. The fraction of sp³-hybridized carbons (Fsp3) is 0. The molecule has 8 rings (SSSR count). The maximum Gasteiger partial charge on any atom is 0.264 e. The van der Waals surface area contributed by atoms with Crippen molar-refractivity contribution in [1.29, 1.82) is 5.41 Å². The van der Waals surface area contributed by atoms with Crippen LogP contribution in [0.3, 0.4) is 0 Å². The van der Waals surface area contributed by atoms with Crippen LogP contribution in [0.1, 0.15) is 0 Å². The van der Waals surface area contributed by atoms with Gasteiger partial charge >= 0.3 is 0 Å². The molecule has 6 heteroatoms. The van der Waals surface area contributed by atoms with Gasteiger partial charge in [-0.15, -0.1) is 0 Å². The van der Waals surface area contributed by atoms with Crippen LogP contribution in [-0.4, -0.2) is 18.8 Å². The summed E-state index contributed by atoms with van der Waals surface area (Å²) in [6.07, 6.45) is 0. The van der Waals surface area contributed by atoms with Gasteiger partial charge in [-0.3, -0.25) is 19.0 Å². The van der Waals surface area contributed by atoms with Crippen molar-refractivity contribution in [1.82, 2.24) is 18.8 Å². The van der Waals surface area contributed by atoms with Crippen molar-refractivity contribution in [3.05, 3.63) is 88.6 Å². The average Bonchev–Trinajstić information content (AvgIpc) is 3.40. The normalized spacial score (nSPS) is 12.6. The third-order valence-electron chi connectivity index (χ3n) is 6.68. The molecule has 0 aliphatic rings. The standard InChI is InChI=1S/C26H13N5O/c27-23-13-9-10-15-22-16(26(32)31-20-8-4-2-6-18(20)29-25(15)31)12-11-14(21(13)22)24-28-17-5-1-3-7-19(17)30(23)24/h1-12,27H. The van der Waals surface area contributed by atoms with Gasteiger partial charge in [0.1, 0.15) is 16.8 Å². The summed E-state index contributed by atoms with van der Waals surface area (Å²) in [6.45, 7) is 0. The molecule has 4 aromatic heterocycles. The Morgan fingerprint density at radius 3 is 1.78 bits per heavy atom. The molecule has 0 spiro atoms. The van der Waals surface area contributed by atoms with E-state index in [4.69, 9.17) is 15.4 Å². The predicted octanol–water partition coefficient (Wildman–Crippen LogP) is 4.46. The number of nitrogens with zero attached hydrogens (tertiary/aromatic N) is 4. The van der Waals surface area contributed by atoms with Crippen molar-refractivity contribution < 1.29 is 0 Å². The van der Waals surface area contributed by atoms with Crippen LogP contribution in [0.4, 0.5) is 0 Å². The smallest absolute Gasteiger partial charge is 0.264 e. The zero-order chi connectivity index (χ0) is 21.1. The number of pyridine rings is 2. The van der Waals surface area contributed by atoms with Crippen molar-refractivity contribution in [3.8, 4) is 0 Å². The van der Waals surface area contributed by atoms with E-state index in [1.54, 1.807) is 4.40 Å². The van der Waals surface area contributed by atoms with Gasteiger partial charge in [0.15, 0.2) is 0 Å². The highest BCUT2D eigenvalue weighted by molar-refractivity contribution is 6.27. The number of para-hydroxylation sites is 4. The van der Waals surface area contributed by atoms with E-state index in [9.17, 15) is 4.79 Å². The van der Waals surface area contributed by atoms with Crippen LogP contribution < -0.4 is 11.0 Å². The molecule has 4 heterocycles. The molecule has 0 bridgehead atoms. The highest BCUT2D eigenvalue weighted by atomic mass is 16.1. The summed E-state index contributed by atoms with van der Waals surface area (Å²) in [4.78, 5) is 23.3. The molecule has 148 valence electrons. The molecule has 0 radical (unpaired) electrons. The third-order valence-corrected chi connectivity index (χ3v) is 6.68. The first-order chi connectivity index (χ1) is 15.7. The van der Waals surface area contributed by atoms with E-state index in [1.165, 1.54) is 0 Å². The molecule has 0 saturated heterocycles. The number of rotatable bonds is 0. The fourth-order valence-corrected chi connectivity index (χ4v) is 5.33. The van der Waals surface area contributed by atoms with Gasteiger partial charge in [-0.1, -0.05) is 24.3 Å². The number of fused-ring (bicyclic) bond motifs is 8. The lowest BCUT2D eigenvalue weighted by molar-refractivity contribution is 1.07. The molecule has 0 aliphatic heterocycles. The van der Waals surface area contributed by atoms with Gasteiger partial charge in [0, 0.05) is 32.3 Å².